The van der Waals surface area contributed by atoms with Crippen LogP contribution >= 0.6 is 0 Å². The molecule has 3 heteroatoms. The van der Waals surface area contributed by atoms with Crippen molar-refractivity contribution in [3.8, 4) is 67.0 Å². The second kappa shape index (κ2) is 11.8. The van der Waals surface area contributed by atoms with E-state index in [1.807, 2.05) is 24.5 Å². The molecule has 3 heterocycles. The summed E-state index contributed by atoms with van der Waals surface area (Å²) >= 11 is 0. The molecule has 1 fully saturated rings. The van der Waals surface area contributed by atoms with Crippen molar-refractivity contribution in [2.75, 3.05) is 0 Å². The quantitative estimate of drug-likeness (QED) is 0.193. The SMILES string of the molecule is c1cncc(-c2cc(-c3ccc(-c4cccc(-c5ccc6c(c5)C5(CCCCC5)c5ccccc5-6)c4)cc3)nc(-c3cccnc3)c2)c1. The van der Waals surface area contributed by atoms with Crippen LogP contribution in [0.4, 0.5) is 0 Å². The lowest BCUT2D eigenvalue weighted by Crippen LogP contribution is -2.28. The van der Waals surface area contributed by atoms with Gasteiger partial charge >= 0.3 is 0 Å². The van der Waals surface area contributed by atoms with Crippen molar-refractivity contribution in [3.05, 3.63) is 163 Å². The van der Waals surface area contributed by atoms with Crippen LogP contribution in [0.1, 0.15) is 43.2 Å². The van der Waals surface area contributed by atoms with Gasteiger partial charge in [0.2, 0.25) is 0 Å². The zero-order valence-corrected chi connectivity index (χ0v) is 26.8. The first-order valence-electron chi connectivity index (χ1n) is 17.0. The summed E-state index contributed by atoms with van der Waals surface area (Å²) in [7, 11) is 0. The summed E-state index contributed by atoms with van der Waals surface area (Å²) < 4.78 is 0. The monoisotopic (exact) mass is 617 g/mol. The second-order valence-corrected chi connectivity index (χ2v) is 13.2. The molecule has 1 spiro atoms. The van der Waals surface area contributed by atoms with Crippen LogP contribution in [-0.4, -0.2) is 15.0 Å². The van der Waals surface area contributed by atoms with E-state index in [4.69, 9.17) is 4.98 Å². The molecule has 3 nitrogen and oxygen atoms in total. The molecule has 0 aliphatic heterocycles. The molecular formula is C45H35N3. The summed E-state index contributed by atoms with van der Waals surface area (Å²) in [5, 5.41) is 0. The molecule has 48 heavy (non-hydrogen) atoms. The largest absolute Gasteiger partial charge is 0.264 e. The van der Waals surface area contributed by atoms with Gasteiger partial charge in [-0.3, -0.25) is 9.97 Å². The maximum absolute atomic E-state index is 5.07. The number of nitrogens with zero attached hydrogens (tertiary/aromatic N) is 3. The van der Waals surface area contributed by atoms with E-state index in [2.05, 4.69) is 125 Å². The smallest absolute Gasteiger partial charge is 0.0731 e. The van der Waals surface area contributed by atoms with E-state index in [9.17, 15) is 0 Å². The molecule has 4 aromatic carbocycles. The third-order valence-corrected chi connectivity index (χ3v) is 10.5. The minimum absolute atomic E-state index is 0.160. The van der Waals surface area contributed by atoms with E-state index < -0.39 is 0 Å². The standard InChI is InChI=1S/C45H35N3/c1-4-21-45(22-5-1)41-14-3-2-13-39(41)40-20-19-35(26-42(40)45)34-10-6-9-33(25-34)31-15-17-32(18-16-31)43-27-38(36-11-7-23-46-29-36)28-44(48-43)37-12-8-24-47-30-37/h2-3,6-20,23-30H,1,4-5,21-22H2. The molecule has 1 saturated carbocycles. The fraction of sp³-hybridized carbons (Fsp3) is 0.133. The predicted molar refractivity (Wildman–Crippen MR) is 196 cm³/mol. The van der Waals surface area contributed by atoms with E-state index in [-0.39, 0.29) is 5.41 Å². The highest BCUT2D eigenvalue weighted by Gasteiger charge is 2.43. The highest BCUT2D eigenvalue weighted by molar-refractivity contribution is 5.85. The molecule has 230 valence electrons. The van der Waals surface area contributed by atoms with Crippen molar-refractivity contribution in [2.24, 2.45) is 0 Å². The van der Waals surface area contributed by atoms with Crippen molar-refractivity contribution in [2.45, 2.75) is 37.5 Å². The average molecular weight is 618 g/mol. The van der Waals surface area contributed by atoms with Gasteiger partial charge in [-0.1, -0.05) is 104 Å². The number of benzene rings is 4. The number of hydrogen-bond acceptors (Lipinski definition) is 3. The molecule has 3 aromatic heterocycles. The highest BCUT2D eigenvalue weighted by atomic mass is 14.7. The van der Waals surface area contributed by atoms with Gasteiger partial charge in [-0.25, -0.2) is 4.98 Å². The molecule has 9 rings (SSSR count). The highest BCUT2D eigenvalue weighted by Crippen LogP contribution is 2.56. The molecule has 2 aliphatic carbocycles. The molecule has 0 N–H and O–H groups in total. The number of hydrogen-bond donors (Lipinski definition) is 0. The lowest BCUT2D eigenvalue weighted by atomic mass is 9.67. The van der Waals surface area contributed by atoms with Crippen molar-refractivity contribution in [1.82, 2.24) is 15.0 Å². The van der Waals surface area contributed by atoms with Gasteiger partial charge in [0.1, 0.15) is 0 Å². The van der Waals surface area contributed by atoms with Gasteiger partial charge in [0.05, 0.1) is 11.4 Å². The van der Waals surface area contributed by atoms with Gasteiger partial charge in [-0.2, -0.15) is 0 Å². The van der Waals surface area contributed by atoms with E-state index >= 15 is 0 Å². The average Bonchev–Trinajstić information content (AvgIpc) is 3.43. The molecule has 0 saturated heterocycles. The Hall–Kier alpha value is -5.67. The van der Waals surface area contributed by atoms with Crippen LogP contribution in [0.25, 0.3) is 67.0 Å². The Kier molecular flexibility index (Phi) is 7.04. The molecule has 0 unspecified atom stereocenters. The Morgan fingerprint density at radius 3 is 1.75 bits per heavy atom. The minimum Gasteiger partial charge on any atom is -0.264 e. The Morgan fingerprint density at radius 2 is 1.00 bits per heavy atom. The maximum atomic E-state index is 5.07. The number of aromatic nitrogens is 3. The Balaban J connectivity index is 1.06. The van der Waals surface area contributed by atoms with E-state index in [1.165, 1.54) is 71.0 Å². The van der Waals surface area contributed by atoms with Gasteiger partial charge in [0.15, 0.2) is 0 Å². The second-order valence-electron chi connectivity index (χ2n) is 13.2. The third kappa shape index (κ3) is 4.94. The predicted octanol–water partition coefficient (Wildman–Crippen LogP) is 11.4. The van der Waals surface area contributed by atoms with Crippen molar-refractivity contribution >= 4 is 0 Å². The molecule has 0 amide bonds. The maximum Gasteiger partial charge on any atom is 0.0731 e. The summed E-state index contributed by atoms with van der Waals surface area (Å²) in [6.07, 6.45) is 13.8. The molecule has 2 aliphatic rings. The zero-order valence-electron chi connectivity index (χ0n) is 26.8. The molecule has 7 aromatic rings. The summed E-state index contributed by atoms with van der Waals surface area (Å²) in [6, 6.07) is 46.5. The normalized spacial score (nSPS) is 14.4. The lowest BCUT2D eigenvalue weighted by Gasteiger charge is -2.36. The number of rotatable bonds is 5. The summed E-state index contributed by atoms with van der Waals surface area (Å²) in [5.41, 5.74) is 17.1. The molecular weight excluding hydrogens is 583 g/mol. The van der Waals surface area contributed by atoms with Crippen LogP contribution in [0.15, 0.2) is 152 Å². The minimum atomic E-state index is 0.160. The van der Waals surface area contributed by atoms with Crippen LogP contribution in [0.5, 0.6) is 0 Å². The molecule has 0 atom stereocenters. The van der Waals surface area contributed by atoms with E-state index in [0.717, 1.165) is 33.6 Å². The number of pyridine rings is 3. The van der Waals surface area contributed by atoms with Gasteiger partial charge in [0, 0.05) is 46.9 Å². The Labute approximate surface area is 282 Å². The third-order valence-electron chi connectivity index (χ3n) is 10.5. The molecule has 0 bridgehead atoms. The van der Waals surface area contributed by atoms with Gasteiger partial charge < -0.3 is 0 Å². The fourth-order valence-electron chi connectivity index (χ4n) is 8.08. The van der Waals surface area contributed by atoms with Crippen LogP contribution < -0.4 is 0 Å². The van der Waals surface area contributed by atoms with Gasteiger partial charge in [0.25, 0.3) is 0 Å². The summed E-state index contributed by atoms with van der Waals surface area (Å²) in [5.74, 6) is 0. The van der Waals surface area contributed by atoms with E-state index in [0.29, 0.717) is 0 Å². The van der Waals surface area contributed by atoms with Crippen molar-refractivity contribution in [3.63, 3.8) is 0 Å². The first-order valence-corrected chi connectivity index (χ1v) is 17.0. The zero-order chi connectivity index (χ0) is 31.9. The fourth-order valence-corrected chi connectivity index (χ4v) is 8.08. The molecule has 0 radical (unpaired) electrons. The van der Waals surface area contributed by atoms with Gasteiger partial charge in [-0.15, -0.1) is 0 Å². The first-order chi connectivity index (χ1) is 23.7. The first kappa shape index (κ1) is 28.5. The summed E-state index contributed by atoms with van der Waals surface area (Å²) in [4.78, 5) is 13.8. The van der Waals surface area contributed by atoms with Crippen LogP contribution in [-0.2, 0) is 5.41 Å². The van der Waals surface area contributed by atoms with Crippen LogP contribution in [0.2, 0.25) is 0 Å². The van der Waals surface area contributed by atoms with E-state index in [1.54, 1.807) is 18.0 Å². The Bertz CT molecular complexity index is 2190. The topological polar surface area (TPSA) is 38.7 Å². The Morgan fingerprint density at radius 1 is 0.396 bits per heavy atom. The van der Waals surface area contributed by atoms with Gasteiger partial charge in [-0.05, 0) is 105 Å². The summed E-state index contributed by atoms with van der Waals surface area (Å²) in [6.45, 7) is 0. The number of fused-ring (bicyclic) bond motifs is 5. The van der Waals surface area contributed by atoms with Crippen molar-refractivity contribution < 1.29 is 0 Å². The van der Waals surface area contributed by atoms with Crippen molar-refractivity contribution in [1.29, 1.82) is 0 Å². The lowest BCUT2D eigenvalue weighted by molar-refractivity contribution is 0.353. The van der Waals surface area contributed by atoms with Crippen LogP contribution in [0.3, 0.4) is 0 Å². The van der Waals surface area contributed by atoms with Crippen LogP contribution in [0, 0.1) is 0 Å².